The van der Waals surface area contributed by atoms with Gasteiger partial charge in [0, 0.05) is 10.5 Å². The molecule has 0 spiro atoms. The summed E-state index contributed by atoms with van der Waals surface area (Å²) < 4.78 is 10.8. The molecule has 1 heterocycles. The molecule has 0 saturated carbocycles. The van der Waals surface area contributed by atoms with Gasteiger partial charge in [-0.1, -0.05) is 60.3 Å². The molecule has 0 N–H and O–H groups in total. The van der Waals surface area contributed by atoms with Crippen LogP contribution in [-0.2, 0) is 16.0 Å². The van der Waals surface area contributed by atoms with Crippen LogP contribution in [0.2, 0.25) is 0 Å². The number of rotatable bonds is 6. The zero-order valence-electron chi connectivity index (χ0n) is 13.4. The predicted octanol–water partition coefficient (Wildman–Crippen LogP) is 5.20. The summed E-state index contributed by atoms with van der Waals surface area (Å²) in [5, 5.41) is 0. The van der Waals surface area contributed by atoms with Crippen molar-refractivity contribution in [2.24, 2.45) is 0 Å². The van der Waals surface area contributed by atoms with Crippen LogP contribution in [0.25, 0.3) is 11.1 Å². The second-order valence-corrected chi connectivity index (χ2v) is 6.28. The molecule has 2 aromatic carbocycles. The maximum absolute atomic E-state index is 11.9. The fourth-order valence-corrected chi connectivity index (χ4v) is 3.43. The first-order valence-electron chi connectivity index (χ1n) is 7.82. The molecule has 3 aromatic rings. The molecule has 24 heavy (non-hydrogen) atoms. The van der Waals surface area contributed by atoms with E-state index in [-0.39, 0.29) is 12.4 Å². The molecule has 0 unspecified atom stereocenters. The van der Waals surface area contributed by atoms with Crippen LogP contribution in [-0.4, -0.2) is 12.6 Å². The van der Waals surface area contributed by atoms with Crippen LogP contribution < -0.4 is 0 Å². The highest BCUT2D eigenvalue weighted by Gasteiger charge is 2.19. The Labute approximate surface area is 145 Å². The molecular weight excluding hydrogens is 320 g/mol. The van der Waals surface area contributed by atoms with E-state index in [0.717, 1.165) is 20.9 Å². The van der Waals surface area contributed by atoms with Gasteiger partial charge in [-0.2, -0.15) is 0 Å². The second kappa shape index (κ2) is 7.88. The zero-order valence-corrected chi connectivity index (χ0v) is 14.2. The summed E-state index contributed by atoms with van der Waals surface area (Å²) in [6.45, 7) is 2.17. The van der Waals surface area contributed by atoms with Crippen molar-refractivity contribution in [3.05, 3.63) is 72.7 Å². The lowest BCUT2D eigenvalue weighted by atomic mass is 10.1. The largest absolute Gasteiger partial charge is 0.467 e. The Morgan fingerprint density at radius 3 is 2.38 bits per heavy atom. The van der Waals surface area contributed by atoms with Crippen molar-refractivity contribution in [2.75, 3.05) is 6.61 Å². The highest BCUT2D eigenvalue weighted by molar-refractivity contribution is 7.99. The van der Waals surface area contributed by atoms with Gasteiger partial charge in [0.2, 0.25) is 0 Å². The Balaban J connectivity index is 1.97. The lowest BCUT2D eigenvalue weighted by Crippen LogP contribution is -2.07. The van der Waals surface area contributed by atoms with Crippen molar-refractivity contribution in [1.82, 2.24) is 0 Å². The molecule has 0 amide bonds. The van der Waals surface area contributed by atoms with E-state index in [1.807, 2.05) is 48.5 Å². The Morgan fingerprint density at radius 1 is 1.04 bits per heavy atom. The van der Waals surface area contributed by atoms with Gasteiger partial charge in [-0.25, -0.2) is 0 Å². The summed E-state index contributed by atoms with van der Waals surface area (Å²) in [5.41, 5.74) is 1.99. The maximum atomic E-state index is 11.9. The summed E-state index contributed by atoms with van der Waals surface area (Å²) in [6.07, 6.45) is 1.85. The molecule has 0 aliphatic heterocycles. The number of hydrogen-bond acceptors (Lipinski definition) is 4. The monoisotopic (exact) mass is 338 g/mol. The fraction of sp³-hybridized carbons (Fsp3) is 0.150. The van der Waals surface area contributed by atoms with Crippen LogP contribution in [0.15, 0.2) is 81.1 Å². The number of hydrogen-bond donors (Lipinski definition) is 0. The molecule has 0 fully saturated rings. The third-order valence-electron chi connectivity index (χ3n) is 3.48. The average molecular weight is 338 g/mol. The van der Waals surface area contributed by atoms with Crippen LogP contribution in [0, 0.1) is 0 Å². The molecule has 0 bridgehead atoms. The van der Waals surface area contributed by atoms with Crippen molar-refractivity contribution < 1.29 is 13.9 Å². The SMILES string of the molecule is CCOC(=O)Cc1occ(Sc2ccccc2)c1-c1ccccc1. The normalized spacial score (nSPS) is 10.5. The summed E-state index contributed by atoms with van der Waals surface area (Å²) >= 11 is 1.62. The molecule has 3 rings (SSSR count). The van der Waals surface area contributed by atoms with E-state index in [2.05, 4.69) is 12.1 Å². The molecule has 1 aromatic heterocycles. The average Bonchev–Trinajstić information content (AvgIpc) is 2.99. The van der Waals surface area contributed by atoms with Crippen molar-refractivity contribution >= 4 is 17.7 Å². The molecule has 0 aliphatic carbocycles. The van der Waals surface area contributed by atoms with Crippen molar-refractivity contribution in [3.63, 3.8) is 0 Å². The van der Waals surface area contributed by atoms with E-state index in [0.29, 0.717) is 12.4 Å². The molecule has 0 radical (unpaired) electrons. The van der Waals surface area contributed by atoms with Crippen LogP contribution in [0.4, 0.5) is 0 Å². The molecule has 3 nitrogen and oxygen atoms in total. The maximum Gasteiger partial charge on any atom is 0.313 e. The standard InChI is InChI=1S/C20H18O3S/c1-2-22-19(21)13-17-20(15-9-5-3-6-10-15)18(14-23-17)24-16-11-7-4-8-12-16/h3-12,14H,2,13H2,1H3. The van der Waals surface area contributed by atoms with Crippen molar-refractivity contribution in [1.29, 1.82) is 0 Å². The molecule has 4 heteroatoms. The minimum atomic E-state index is -0.278. The number of furan rings is 1. The van der Waals surface area contributed by atoms with Gasteiger partial charge in [-0.3, -0.25) is 4.79 Å². The van der Waals surface area contributed by atoms with Gasteiger partial charge in [0.1, 0.15) is 18.4 Å². The number of carbonyl (C=O) groups excluding carboxylic acids is 1. The Hall–Kier alpha value is -2.46. The molecule has 122 valence electrons. The van der Waals surface area contributed by atoms with E-state index < -0.39 is 0 Å². The van der Waals surface area contributed by atoms with E-state index in [4.69, 9.17) is 9.15 Å². The number of esters is 1. The van der Waals surface area contributed by atoms with Crippen LogP contribution >= 0.6 is 11.8 Å². The Morgan fingerprint density at radius 2 is 1.71 bits per heavy atom. The van der Waals surface area contributed by atoms with Gasteiger partial charge in [0.25, 0.3) is 0 Å². The van der Waals surface area contributed by atoms with E-state index in [1.54, 1.807) is 24.9 Å². The van der Waals surface area contributed by atoms with Crippen LogP contribution in [0.3, 0.4) is 0 Å². The number of carbonyl (C=O) groups is 1. The summed E-state index contributed by atoms with van der Waals surface area (Å²) in [4.78, 5) is 14.0. The lowest BCUT2D eigenvalue weighted by molar-refractivity contribution is -0.142. The second-order valence-electron chi connectivity index (χ2n) is 5.16. The Kier molecular flexibility index (Phi) is 5.39. The van der Waals surface area contributed by atoms with Gasteiger partial charge in [0.05, 0.1) is 11.5 Å². The lowest BCUT2D eigenvalue weighted by Gasteiger charge is -2.06. The first-order valence-corrected chi connectivity index (χ1v) is 8.64. The smallest absolute Gasteiger partial charge is 0.313 e. The number of benzene rings is 2. The molecule has 0 aliphatic rings. The minimum Gasteiger partial charge on any atom is -0.467 e. The Bertz CT molecular complexity index is 794. The first kappa shape index (κ1) is 16.4. The van der Waals surface area contributed by atoms with Gasteiger partial charge in [0.15, 0.2) is 0 Å². The van der Waals surface area contributed by atoms with Gasteiger partial charge in [-0.15, -0.1) is 0 Å². The van der Waals surface area contributed by atoms with E-state index in [9.17, 15) is 4.79 Å². The zero-order chi connectivity index (χ0) is 16.8. The molecule has 0 saturated heterocycles. The van der Waals surface area contributed by atoms with Gasteiger partial charge in [-0.05, 0) is 24.6 Å². The summed E-state index contributed by atoms with van der Waals surface area (Å²) in [6, 6.07) is 20.1. The predicted molar refractivity (Wildman–Crippen MR) is 95.0 cm³/mol. The quantitative estimate of drug-likeness (QED) is 0.579. The number of ether oxygens (including phenoxy) is 1. The first-order chi connectivity index (χ1) is 11.8. The van der Waals surface area contributed by atoms with Gasteiger partial charge < -0.3 is 9.15 Å². The van der Waals surface area contributed by atoms with Crippen LogP contribution in [0.1, 0.15) is 12.7 Å². The summed E-state index contributed by atoms with van der Waals surface area (Å²) in [5.74, 6) is 0.360. The third kappa shape index (κ3) is 3.89. The third-order valence-corrected chi connectivity index (χ3v) is 4.51. The minimum absolute atomic E-state index is 0.132. The summed E-state index contributed by atoms with van der Waals surface area (Å²) in [7, 11) is 0. The fourth-order valence-electron chi connectivity index (χ4n) is 2.45. The molecule has 0 atom stereocenters. The van der Waals surface area contributed by atoms with E-state index in [1.165, 1.54) is 0 Å². The van der Waals surface area contributed by atoms with Crippen LogP contribution in [0.5, 0.6) is 0 Å². The molecular formula is C20H18O3S. The van der Waals surface area contributed by atoms with Crippen molar-refractivity contribution in [2.45, 2.75) is 23.1 Å². The highest BCUT2D eigenvalue weighted by Crippen LogP contribution is 2.39. The van der Waals surface area contributed by atoms with E-state index >= 15 is 0 Å². The van der Waals surface area contributed by atoms with Crippen molar-refractivity contribution in [3.8, 4) is 11.1 Å². The topological polar surface area (TPSA) is 39.4 Å². The highest BCUT2D eigenvalue weighted by atomic mass is 32.2. The van der Waals surface area contributed by atoms with Gasteiger partial charge >= 0.3 is 5.97 Å².